The fourth-order valence-electron chi connectivity index (χ4n) is 4.09. The van der Waals surface area contributed by atoms with Crippen LogP contribution in [0.3, 0.4) is 0 Å². The molecule has 0 saturated heterocycles. The number of aliphatic hydroxyl groups excluding tert-OH is 1. The summed E-state index contributed by atoms with van der Waals surface area (Å²) < 4.78 is 12.4. The summed E-state index contributed by atoms with van der Waals surface area (Å²) in [6, 6.07) is 24.6. The van der Waals surface area contributed by atoms with E-state index in [-0.39, 0.29) is 6.04 Å². The van der Waals surface area contributed by atoms with Gasteiger partial charge in [-0.05, 0) is 47.2 Å². The SMILES string of the molecule is CC(C)NC1CCc2cc(OCc3ccccc3)c(OCc3ccccc3)cc2C1O. The molecule has 0 aromatic heterocycles. The molecule has 0 bridgehead atoms. The molecule has 2 N–H and O–H groups in total. The predicted molar refractivity (Wildman–Crippen MR) is 123 cm³/mol. The first-order chi connectivity index (χ1) is 15.1. The number of aliphatic hydroxyl groups is 1. The smallest absolute Gasteiger partial charge is 0.162 e. The van der Waals surface area contributed by atoms with Gasteiger partial charge in [0, 0.05) is 12.1 Å². The van der Waals surface area contributed by atoms with Crippen molar-refractivity contribution < 1.29 is 14.6 Å². The first kappa shape index (κ1) is 21.4. The van der Waals surface area contributed by atoms with Crippen molar-refractivity contribution in [2.75, 3.05) is 0 Å². The van der Waals surface area contributed by atoms with Crippen molar-refractivity contribution in [3.8, 4) is 11.5 Å². The minimum atomic E-state index is -0.562. The van der Waals surface area contributed by atoms with Crippen molar-refractivity contribution in [3.63, 3.8) is 0 Å². The van der Waals surface area contributed by atoms with Crippen molar-refractivity contribution in [3.05, 3.63) is 95.1 Å². The van der Waals surface area contributed by atoms with E-state index in [2.05, 4.69) is 31.3 Å². The molecule has 4 nitrogen and oxygen atoms in total. The molecule has 0 saturated carbocycles. The van der Waals surface area contributed by atoms with Crippen LogP contribution in [0.5, 0.6) is 11.5 Å². The molecule has 0 radical (unpaired) electrons. The molecule has 3 aromatic rings. The molecule has 162 valence electrons. The Hall–Kier alpha value is -2.82. The second kappa shape index (κ2) is 9.99. The molecular formula is C27H31NO3. The standard InChI is InChI=1S/C27H31NO3/c1-19(2)28-24-14-13-22-15-25(30-17-20-9-5-3-6-10-20)26(16-23(22)27(24)29)31-18-21-11-7-4-8-12-21/h3-12,15-16,19,24,27-29H,13-14,17-18H2,1-2H3. The van der Waals surface area contributed by atoms with Gasteiger partial charge in [-0.15, -0.1) is 0 Å². The monoisotopic (exact) mass is 417 g/mol. The van der Waals surface area contributed by atoms with E-state index in [9.17, 15) is 5.11 Å². The zero-order chi connectivity index (χ0) is 21.6. The molecule has 1 aliphatic rings. The second-order valence-corrected chi connectivity index (χ2v) is 8.46. The van der Waals surface area contributed by atoms with Crippen molar-refractivity contribution >= 4 is 0 Å². The maximum absolute atomic E-state index is 11.0. The highest BCUT2D eigenvalue weighted by Crippen LogP contribution is 2.39. The number of aryl methyl sites for hydroxylation is 1. The van der Waals surface area contributed by atoms with Crippen molar-refractivity contribution in [2.24, 2.45) is 0 Å². The van der Waals surface area contributed by atoms with Gasteiger partial charge < -0.3 is 19.9 Å². The van der Waals surface area contributed by atoms with Gasteiger partial charge in [0.05, 0.1) is 6.10 Å². The second-order valence-electron chi connectivity index (χ2n) is 8.46. The van der Waals surface area contributed by atoms with Gasteiger partial charge in [-0.1, -0.05) is 74.5 Å². The predicted octanol–water partition coefficient (Wildman–Crippen LogP) is 5.19. The first-order valence-corrected chi connectivity index (χ1v) is 11.0. The van der Waals surface area contributed by atoms with Crippen molar-refractivity contribution in [2.45, 2.75) is 58.1 Å². The fourth-order valence-corrected chi connectivity index (χ4v) is 4.09. The molecular weight excluding hydrogens is 386 g/mol. The molecule has 2 unspecified atom stereocenters. The summed E-state index contributed by atoms with van der Waals surface area (Å²) >= 11 is 0. The van der Waals surface area contributed by atoms with E-state index >= 15 is 0 Å². The third kappa shape index (κ3) is 5.46. The van der Waals surface area contributed by atoms with E-state index in [1.54, 1.807) is 0 Å². The Morgan fingerprint density at radius 1 is 0.871 bits per heavy atom. The minimum Gasteiger partial charge on any atom is -0.485 e. The Bertz CT molecular complexity index is 973. The van der Waals surface area contributed by atoms with E-state index in [0.717, 1.165) is 40.8 Å². The van der Waals surface area contributed by atoms with Gasteiger partial charge in [-0.2, -0.15) is 0 Å². The summed E-state index contributed by atoms with van der Waals surface area (Å²) in [5.41, 5.74) is 4.26. The molecule has 0 amide bonds. The van der Waals surface area contributed by atoms with Gasteiger partial charge in [0.2, 0.25) is 0 Å². The van der Waals surface area contributed by atoms with Crippen LogP contribution in [0.4, 0.5) is 0 Å². The van der Waals surface area contributed by atoms with Gasteiger partial charge in [0.15, 0.2) is 11.5 Å². The largest absolute Gasteiger partial charge is 0.485 e. The normalized spacial score (nSPS) is 17.9. The van der Waals surface area contributed by atoms with Gasteiger partial charge in [-0.3, -0.25) is 0 Å². The quantitative estimate of drug-likeness (QED) is 0.530. The van der Waals surface area contributed by atoms with E-state index in [0.29, 0.717) is 25.0 Å². The van der Waals surface area contributed by atoms with Gasteiger partial charge in [0.1, 0.15) is 13.2 Å². The van der Waals surface area contributed by atoms with Crippen LogP contribution in [0.15, 0.2) is 72.8 Å². The summed E-state index contributed by atoms with van der Waals surface area (Å²) in [5, 5.41) is 14.5. The molecule has 2 atom stereocenters. The average molecular weight is 418 g/mol. The maximum atomic E-state index is 11.0. The number of ether oxygens (including phenoxy) is 2. The molecule has 3 aromatic carbocycles. The summed E-state index contributed by atoms with van der Waals surface area (Å²) in [6.45, 7) is 5.14. The van der Waals surface area contributed by atoms with Crippen LogP contribution >= 0.6 is 0 Å². The molecule has 0 heterocycles. The number of hydrogen-bond donors (Lipinski definition) is 2. The molecule has 1 aliphatic carbocycles. The van der Waals surface area contributed by atoms with Crippen LogP contribution in [-0.2, 0) is 19.6 Å². The lowest BCUT2D eigenvalue weighted by molar-refractivity contribution is 0.110. The third-order valence-electron chi connectivity index (χ3n) is 5.65. The van der Waals surface area contributed by atoms with Gasteiger partial charge >= 0.3 is 0 Å². The fraction of sp³-hybridized carbons (Fsp3) is 0.333. The molecule has 0 spiro atoms. The number of rotatable bonds is 8. The summed E-state index contributed by atoms with van der Waals surface area (Å²) in [6.07, 6.45) is 1.24. The van der Waals surface area contributed by atoms with E-state index in [1.807, 2.05) is 60.7 Å². The summed E-state index contributed by atoms with van der Waals surface area (Å²) in [5.74, 6) is 1.39. The zero-order valence-electron chi connectivity index (χ0n) is 18.3. The third-order valence-corrected chi connectivity index (χ3v) is 5.65. The van der Waals surface area contributed by atoms with Crippen LogP contribution < -0.4 is 14.8 Å². The summed E-state index contributed by atoms with van der Waals surface area (Å²) in [7, 11) is 0. The highest BCUT2D eigenvalue weighted by Gasteiger charge is 2.30. The number of benzene rings is 3. The Balaban J connectivity index is 1.59. The zero-order valence-corrected chi connectivity index (χ0v) is 18.3. The Labute approximate surface area is 184 Å². The molecule has 0 fully saturated rings. The van der Waals surface area contributed by atoms with Crippen LogP contribution in [0.25, 0.3) is 0 Å². The lowest BCUT2D eigenvalue weighted by Gasteiger charge is -2.33. The molecule has 4 heteroatoms. The van der Waals surface area contributed by atoms with Crippen LogP contribution in [0.1, 0.15) is 48.6 Å². The van der Waals surface area contributed by atoms with E-state index < -0.39 is 6.10 Å². The number of nitrogens with one attached hydrogen (secondary N) is 1. The molecule has 4 rings (SSSR count). The van der Waals surface area contributed by atoms with Crippen LogP contribution in [0, 0.1) is 0 Å². The lowest BCUT2D eigenvalue weighted by atomic mass is 9.85. The maximum Gasteiger partial charge on any atom is 0.162 e. The lowest BCUT2D eigenvalue weighted by Crippen LogP contribution is -2.41. The Morgan fingerprint density at radius 2 is 1.42 bits per heavy atom. The van der Waals surface area contributed by atoms with E-state index in [1.165, 1.54) is 0 Å². The van der Waals surface area contributed by atoms with Gasteiger partial charge in [0.25, 0.3) is 0 Å². The molecule has 0 aliphatic heterocycles. The summed E-state index contributed by atoms with van der Waals surface area (Å²) in [4.78, 5) is 0. The van der Waals surface area contributed by atoms with E-state index in [4.69, 9.17) is 9.47 Å². The minimum absolute atomic E-state index is 0.0468. The first-order valence-electron chi connectivity index (χ1n) is 11.0. The van der Waals surface area contributed by atoms with Crippen molar-refractivity contribution in [1.29, 1.82) is 0 Å². The average Bonchev–Trinajstić information content (AvgIpc) is 2.79. The topological polar surface area (TPSA) is 50.7 Å². The van der Waals surface area contributed by atoms with Crippen LogP contribution in [0.2, 0.25) is 0 Å². The highest BCUT2D eigenvalue weighted by molar-refractivity contribution is 5.50. The number of fused-ring (bicyclic) bond motifs is 1. The molecule has 31 heavy (non-hydrogen) atoms. The Kier molecular flexibility index (Phi) is 6.90. The van der Waals surface area contributed by atoms with Crippen molar-refractivity contribution in [1.82, 2.24) is 5.32 Å². The highest BCUT2D eigenvalue weighted by atomic mass is 16.5. The number of hydrogen-bond acceptors (Lipinski definition) is 4. The van der Waals surface area contributed by atoms with Crippen LogP contribution in [-0.4, -0.2) is 17.2 Å². The Morgan fingerprint density at radius 3 is 1.97 bits per heavy atom. The van der Waals surface area contributed by atoms with Gasteiger partial charge in [-0.25, -0.2) is 0 Å².